The SMILES string of the molecule is COc1ccc(C(N)c2ccc(Cl)cc2Br)cc1Cl. The van der Waals surface area contributed by atoms with E-state index in [1.807, 2.05) is 30.3 Å². The van der Waals surface area contributed by atoms with Crippen LogP contribution in [0.25, 0.3) is 0 Å². The fraction of sp³-hybridized carbons (Fsp3) is 0.143. The first-order valence-electron chi connectivity index (χ1n) is 5.57. The van der Waals surface area contributed by atoms with E-state index < -0.39 is 0 Å². The number of halogens is 3. The van der Waals surface area contributed by atoms with Gasteiger partial charge in [-0.05, 0) is 35.4 Å². The fourth-order valence-corrected chi connectivity index (χ4v) is 3.00. The summed E-state index contributed by atoms with van der Waals surface area (Å²) in [5.74, 6) is 0.632. The Labute approximate surface area is 130 Å². The van der Waals surface area contributed by atoms with Crippen molar-refractivity contribution in [1.29, 1.82) is 0 Å². The molecule has 2 aromatic carbocycles. The minimum absolute atomic E-state index is 0.282. The quantitative estimate of drug-likeness (QED) is 0.852. The predicted octanol–water partition coefficient (Wildman–Crippen LogP) is 4.81. The largest absolute Gasteiger partial charge is 0.495 e. The monoisotopic (exact) mass is 359 g/mol. The van der Waals surface area contributed by atoms with E-state index in [0.717, 1.165) is 15.6 Å². The van der Waals surface area contributed by atoms with Gasteiger partial charge in [-0.1, -0.05) is 51.3 Å². The number of ether oxygens (including phenoxy) is 1. The van der Waals surface area contributed by atoms with E-state index in [9.17, 15) is 0 Å². The minimum atomic E-state index is -0.282. The van der Waals surface area contributed by atoms with E-state index in [4.69, 9.17) is 33.7 Å². The molecule has 2 aromatic rings. The van der Waals surface area contributed by atoms with E-state index in [-0.39, 0.29) is 6.04 Å². The Kier molecular flexibility index (Phi) is 4.74. The maximum Gasteiger partial charge on any atom is 0.137 e. The standard InChI is InChI=1S/C14H12BrCl2NO/c1-19-13-5-2-8(6-12(13)17)14(18)10-4-3-9(16)7-11(10)15/h2-7,14H,18H2,1H3. The Morgan fingerprint density at radius 1 is 1.16 bits per heavy atom. The molecule has 0 aliphatic heterocycles. The van der Waals surface area contributed by atoms with Gasteiger partial charge in [-0.2, -0.15) is 0 Å². The van der Waals surface area contributed by atoms with E-state index in [2.05, 4.69) is 15.9 Å². The number of methoxy groups -OCH3 is 1. The molecular weight excluding hydrogens is 349 g/mol. The minimum Gasteiger partial charge on any atom is -0.495 e. The Morgan fingerprint density at radius 3 is 2.47 bits per heavy atom. The predicted molar refractivity (Wildman–Crippen MR) is 83.2 cm³/mol. The molecule has 0 radical (unpaired) electrons. The lowest BCUT2D eigenvalue weighted by Gasteiger charge is -2.16. The summed E-state index contributed by atoms with van der Waals surface area (Å²) in [6, 6.07) is 10.8. The van der Waals surface area contributed by atoms with E-state index >= 15 is 0 Å². The zero-order chi connectivity index (χ0) is 14.0. The molecule has 1 unspecified atom stereocenters. The van der Waals surface area contributed by atoms with Gasteiger partial charge >= 0.3 is 0 Å². The summed E-state index contributed by atoms with van der Waals surface area (Å²) in [6.07, 6.45) is 0. The second-order valence-corrected chi connectivity index (χ2v) is 5.74. The lowest BCUT2D eigenvalue weighted by molar-refractivity contribution is 0.415. The second kappa shape index (κ2) is 6.14. The molecule has 0 spiro atoms. The Bertz CT molecular complexity index is 604. The van der Waals surface area contributed by atoms with Crippen molar-refractivity contribution in [3.8, 4) is 5.75 Å². The molecule has 0 saturated heterocycles. The van der Waals surface area contributed by atoms with Crippen LogP contribution in [-0.2, 0) is 0 Å². The lowest BCUT2D eigenvalue weighted by Crippen LogP contribution is -2.12. The molecule has 100 valence electrons. The van der Waals surface area contributed by atoms with Crippen LogP contribution >= 0.6 is 39.1 Å². The van der Waals surface area contributed by atoms with Gasteiger partial charge in [0.15, 0.2) is 0 Å². The molecule has 0 aromatic heterocycles. The third-order valence-corrected chi connectivity index (χ3v) is 4.05. The smallest absolute Gasteiger partial charge is 0.137 e. The molecule has 2 nitrogen and oxygen atoms in total. The Balaban J connectivity index is 2.38. The van der Waals surface area contributed by atoms with Crippen LogP contribution < -0.4 is 10.5 Å². The molecule has 0 aliphatic rings. The average Bonchev–Trinajstić information content (AvgIpc) is 2.38. The number of benzene rings is 2. The summed E-state index contributed by atoms with van der Waals surface area (Å²) in [5.41, 5.74) is 8.12. The highest BCUT2D eigenvalue weighted by atomic mass is 79.9. The number of hydrogen-bond acceptors (Lipinski definition) is 2. The van der Waals surface area contributed by atoms with Gasteiger partial charge in [0.1, 0.15) is 5.75 Å². The third-order valence-electron chi connectivity index (χ3n) is 2.83. The number of nitrogens with two attached hydrogens (primary N) is 1. The highest BCUT2D eigenvalue weighted by Crippen LogP contribution is 2.32. The Morgan fingerprint density at radius 2 is 1.89 bits per heavy atom. The zero-order valence-corrected chi connectivity index (χ0v) is 13.3. The first kappa shape index (κ1) is 14.7. The summed E-state index contributed by atoms with van der Waals surface area (Å²) < 4.78 is 6.00. The van der Waals surface area contributed by atoms with Crippen molar-refractivity contribution in [2.24, 2.45) is 5.73 Å². The first-order valence-corrected chi connectivity index (χ1v) is 7.11. The summed E-state index contributed by atoms with van der Waals surface area (Å²) in [7, 11) is 1.58. The highest BCUT2D eigenvalue weighted by molar-refractivity contribution is 9.10. The van der Waals surface area contributed by atoms with Crippen LogP contribution in [0, 0.1) is 0 Å². The van der Waals surface area contributed by atoms with Crippen LogP contribution in [0.5, 0.6) is 5.75 Å². The third kappa shape index (κ3) is 3.23. The van der Waals surface area contributed by atoms with Crippen LogP contribution in [0.1, 0.15) is 17.2 Å². The Hall–Kier alpha value is -0.740. The molecule has 0 bridgehead atoms. The van der Waals surface area contributed by atoms with Gasteiger partial charge in [-0.3, -0.25) is 0 Å². The average molecular weight is 361 g/mol. The van der Waals surface area contributed by atoms with Gasteiger partial charge in [-0.25, -0.2) is 0 Å². The van der Waals surface area contributed by atoms with Crippen molar-refractivity contribution in [3.63, 3.8) is 0 Å². The van der Waals surface area contributed by atoms with Crippen molar-refractivity contribution in [2.75, 3.05) is 7.11 Å². The molecule has 5 heteroatoms. The van der Waals surface area contributed by atoms with Crippen LogP contribution in [0.15, 0.2) is 40.9 Å². The van der Waals surface area contributed by atoms with Crippen molar-refractivity contribution in [3.05, 3.63) is 62.0 Å². The van der Waals surface area contributed by atoms with Crippen molar-refractivity contribution >= 4 is 39.1 Å². The number of rotatable bonds is 3. The highest BCUT2D eigenvalue weighted by Gasteiger charge is 2.14. The van der Waals surface area contributed by atoms with Gasteiger partial charge in [0.2, 0.25) is 0 Å². The molecule has 0 fully saturated rings. The molecule has 1 atom stereocenters. The maximum absolute atomic E-state index is 6.26. The zero-order valence-electron chi connectivity index (χ0n) is 10.2. The van der Waals surface area contributed by atoms with Crippen LogP contribution in [0.4, 0.5) is 0 Å². The van der Waals surface area contributed by atoms with Crippen LogP contribution in [0.2, 0.25) is 10.0 Å². The van der Waals surface area contributed by atoms with E-state index in [1.165, 1.54) is 0 Å². The maximum atomic E-state index is 6.26. The van der Waals surface area contributed by atoms with Crippen LogP contribution in [0.3, 0.4) is 0 Å². The van der Waals surface area contributed by atoms with Gasteiger partial charge in [0.25, 0.3) is 0 Å². The molecule has 0 amide bonds. The van der Waals surface area contributed by atoms with Crippen LogP contribution in [-0.4, -0.2) is 7.11 Å². The number of hydrogen-bond donors (Lipinski definition) is 1. The summed E-state index contributed by atoms with van der Waals surface area (Å²) in [6.45, 7) is 0. The molecule has 0 saturated carbocycles. The van der Waals surface area contributed by atoms with E-state index in [1.54, 1.807) is 13.2 Å². The second-order valence-electron chi connectivity index (χ2n) is 4.04. The molecule has 2 N–H and O–H groups in total. The van der Waals surface area contributed by atoms with Gasteiger partial charge in [0.05, 0.1) is 18.2 Å². The van der Waals surface area contributed by atoms with Crippen molar-refractivity contribution < 1.29 is 4.74 Å². The molecule has 0 aliphatic carbocycles. The lowest BCUT2D eigenvalue weighted by atomic mass is 9.99. The summed E-state index contributed by atoms with van der Waals surface area (Å²) in [5, 5.41) is 1.20. The van der Waals surface area contributed by atoms with Gasteiger partial charge in [0, 0.05) is 9.50 Å². The van der Waals surface area contributed by atoms with Crippen molar-refractivity contribution in [1.82, 2.24) is 0 Å². The van der Waals surface area contributed by atoms with Gasteiger partial charge in [-0.15, -0.1) is 0 Å². The fourth-order valence-electron chi connectivity index (χ4n) is 1.81. The molecule has 0 heterocycles. The topological polar surface area (TPSA) is 35.2 Å². The molecular formula is C14H12BrCl2NO. The van der Waals surface area contributed by atoms with E-state index in [0.29, 0.717) is 15.8 Å². The summed E-state index contributed by atoms with van der Waals surface area (Å²) >= 11 is 15.5. The molecule has 2 rings (SSSR count). The van der Waals surface area contributed by atoms with Crippen molar-refractivity contribution in [2.45, 2.75) is 6.04 Å². The normalized spacial score (nSPS) is 12.3. The first-order chi connectivity index (χ1) is 9.02. The van der Waals surface area contributed by atoms with Gasteiger partial charge < -0.3 is 10.5 Å². The molecule has 19 heavy (non-hydrogen) atoms. The summed E-state index contributed by atoms with van der Waals surface area (Å²) in [4.78, 5) is 0.